The lowest BCUT2D eigenvalue weighted by Crippen LogP contribution is -2.29. The van der Waals surface area contributed by atoms with Crippen LogP contribution in [0.3, 0.4) is 0 Å². The maximum Gasteiger partial charge on any atom is 0.333 e. The number of aliphatic hydroxyl groups excluding tert-OH is 2. The Morgan fingerprint density at radius 2 is 1.95 bits per heavy atom. The lowest BCUT2D eigenvalue weighted by molar-refractivity contribution is -0.142. The van der Waals surface area contributed by atoms with Crippen molar-refractivity contribution in [1.82, 2.24) is 0 Å². The van der Waals surface area contributed by atoms with Crippen LogP contribution < -0.4 is 0 Å². The van der Waals surface area contributed by atoms with Crippen molar-refractivity contribution in [3.8, 4) is 0 Å². The third kappa shape index (κ3) is 8.65. The van der Waals surface area contributed by atoms with Crippen LogP contribution in [-0.2, 0) is 13.6 Å². The largest absolute Gasteiger partial charge is 0.459 e. The molecule has 118 valence electrons. The van der Waals surface area contributed by atoms with Gasteiger partial charge in [-0.25, -0.2) is 4.79 Å². The molecular formula is C13H28O5Si2. The minimum atomic E-state index is -1.57. The van der Waals surface area contributed by atoms with Crippen LogP contribution in [0.15, 0.2) is 10.8 Å². The average molecular weight is 321 g/mol. The van der Waals surface area contributed by atoms with Crippen LogP contribution in [0, 0.1) is 0 Å². The predicted molar refractivity (Wildman–Crippen MR) is 84.6 cm³/mol. The molecule has 0 radical (unpaired) electrons. The molecule has 0 aliphatic rings. The van der Waals surface area contributed by atoms with Crippen LogP contribution in [0.2, 0.25) is 19.6 Å². The summed E-state index contributed by atoms with van der Waals surface area (Å²) in [5.74, 6) is -0.423. The Labute approximate surface area is 125 Å². The van der Waals surface area contributed by atoms with Gasteiger partial charge in [-0.05, 0) is 33.0 Å². The maximum atomic E-state index is 11.9. The molecule has 2 N–H and O–H groups in total. The van der Waals surface area contributed by atoms with Crippen molar-refractivity contribution < 1.29 is 23.9 Å². The molecule has 0 rings (SSSR count). The molecule has 20 heavy (non-hydrogen) atoms. The lowest BCUT2D eigenvalue weighted by Gasteiger charge is -2.20. The van der Waals surface area contributed by atoms with Gasteiger partial charge in [-0.15, -0.1) is 0 Å². The summed E-state index contributed by atoms with van der Waals surface area (Å²) >= 11 is 0. The molecule has 0 bridgehead atoms. The van der Waals surface area contributed by atoms with E-state index in [0.717, 1.165) is 18.0 Å². The monoisotopic (exact) mass is 320 g/mol. The molecule has 0 aliphatic carbocycles. The fourth-order valence-electron chi connectivity index (χ4n) is 1.45. The number of aliphatic hydroxyl groups is 2. The van der Waals surface area contributed by atoms with Gasteiger partial charge in [0.1, 0.15) is 12.7 Å². The van der Waals surface area contributed by atoms with Gasteiger partial charge < -0.3 is 19.1 Å². The van der Waals surface area contributed by atoms with Gasteiger partial charge in [0.2, 0.25) is 0 Å². The van der Waals surface area contributed by atoms with Gasteiger partial charge >= 0.3 is 5.97 Å². The zero-order valence-corrected chi connectivity index (χ0v) is 15.6. The van der Waals surface area contributed by atoms with E-state index in [1.807, 2.05) is 0 Å². The second-order valence-electron chi connectivity index (χ2n) is 5.81. The van der Waals surface area contributed by atoms with E-state index in [-0.39, 0.29) is 6.61 Å². The van der Waals surface area contributed by atoms with Crippen LogP contribution in [0.1, 0.15) is 26.7 Å². The number of carbonyl (C=O) groups is 1. The van der Waals surface area contributed by atoms with Crippen molar-refractivity contribution in [3.05, 3.63) is 10.8 Å². The van der Waals surface area contributed by atoms with Gasteiger partial charge in [0.15, 0.2) is 18.1 Å². The summed E-state index contributed by atoms with van der Waals surface area (Å²) in [6, 6.07) is 0. The van der Waals surface area contributed by atoms with Gasteiger partial charge in [-0.2, -0.15) is 0 Å². The minimum absolute atomic E-state index is 0.178. The molecule has 0 aromatic carbocycles. The fourth-order valence-corrected chi connectivity index (χ4v) is 4.74. The third-order valence-electron chi connectivity index (χ3n) is 2.69. The molecule has 0 aromatic rings. The Balaban J connectivity index is 4.68. The summed E-state index contributed by atoms with van der Waals surface area (Å²) < 4.78 is 11.0. The summed E-state index contributed by atoms with van der Waals surface area (Å²) in [6.45, 7) is 9.63. The topological polar surface area (TPSA) is 76.0 Å². The molecule has 0 spiro atoms. The van der Waals surface area contributed by atoms with Crippen molar-refractivity contribution >= 4 is 24.0 Å². The van der Waals surface area contributed by atoms with Gasteiger partial charge in [0, 0.05) is 5.57 Å². The highest BCUT2D eigenvalue weighted by Gasteiger charge is 2.18. The Hall–Kier alpha value is -0.476. The molecule has 0 saturated carbocycles. The van der Waals surface area contributed by atoms with Crippen LogP contribution in [0.5, 0.6) is 0 Å². The number of rotatable bonds is 9. The van der Waals surface area contributed by atoms with E-state index < -0.39 is 36.8 Å². The Morgan fingerprint density at radius 1 is 1.35 bits per heavy atom. The molecule has 0 aliphatic heterocycles. The van der Waals surface area contributed by atoms with E-state index in [4.69, 9.17) is 14.0 Å². The maximum absolute atomic E-state index is 11.9. The zero-order chi connectivity index (χ0) is 15.8. The van der Waals surface area contributed by atoms with Crippen LogP contribution in [-0.4, -0.2) is 53.6 Å². The normalized spacial score (nSPS) is 15.3. The number of esters is 1. The first kappa shape index (κ1) is 19.5. The number of hydrogen-bond donors (Lipinski definition) is 2. The van der Waals surface area contributed by atoms with E-state index in [0.29, 0.717) is 5.57 Å². The number of ether oxygens (including phenoxy) is 1. The van der Waals surface area contributed by atoms with E-state index in [1.165, 1.54) is 0 Å². The Morgan fingerprint density at radius 3 is 2.40 bits per heavy atom. The molecule has 0 heterocycles. The standard InChI is InChI=1S/C13H28O5Si2/c1-6-7-12(19-18-20(3,4)5)10(2)13(16)17-9-11(15)8-14/h11,14-15H,6-9,19H2,1-5H3. The molecule has 5 nitrogen and oxygen atoms in total. The molecule has 0 saturated heterocycles. The molecule has 0 aromatic heterocycles. The highest BCUT2D eigenvalue weighted by atomic mass is 28.4. The average Bonchev–Trinajstić information content (AvgIpc) is 2.38. The molecule has 7 heteroatoms. The summed E-state index contributed by atoms with van der Waals surface area (Å²) in [6.07, 6.45) is 0.790. The van der Waals surface area contributed by atoms with Crippen molar-refractivity contribution in [2.45, 2.75) is 52.4 Å². The number of hydrogen-bond acceptors (Lipinski definition) is 5. The zero-order valence-electron chi connectivity index (χ0n) is 13.2. The van der Waals surface area contributed by atoms with Crippen molar-refractivity contribution in [3.63, 3.8) is 0 Å². The number of allylic oxidation sites excluding steroid dienone is 1. The van der Waals surface area contributed by atoms with E-state index >= 15 is 0 Å². The van der Waals surface area contributed by atoms with Crippen LogP contribution in [0.4, 0.5) is 0 Å². The summed E-state index contributed by atoms with van der Waals surface area (Å²) in [7, 11) is -2.46. The van der Waals surface area contributed by atoms with Crippen molar-refractivity contribution in [1.29, 1.82) is 0 Å². The Kier molecular flexibility index (Phi) is 9.23. The van der Waals surface area contributed by atoms with Crippen LogP contribution in [0.25, 0.3) is 0 Å². The second-order valence-corrected chi connectivity index (χ2v) is 12.3. The van der Waals surface area contributed by atoms with Crippen molar-refractivity contribution in [2.75, 3.05) is 13.2 Å². The van der Waals surface area contributed by atoms with Gasteiger partial charge in [0.05, 0.1) is 6.61 Å². The summed E-state index contributed by atoms with van der Waals surface area (Å²) in [5, 5.41) is 19.0. The highest BCUT2D eigenvalue weighted by molar-refractivity contribution is 6.74. The van der Waals surface area contributed by atoms with Crippen molar-refractivity contribution in [2.24, 2.45) is 0 Å². The van der Waals surface area contributed by atoms with E-state index in [9.17, 15) is 9.90 Å². The highest BCUT2D eigenvalue weighted by Crippen LogP contribution is 2.14. The van der Waals surface area contributed by atoms with E-state index in [1.54, 1.807) is 6.92 Å². The Bertz CT molecular complexity index is 336. The molecule has 1 unspecified atom stereocenters. The molecule has 0 fully saturated rings. The fraction of sp³-hybridized carbons (Fsp3) is 0.769. The van der Waals surface area contributed by atoms with E-state index in [2.05, 4.69) is 26.6 Å². The number of carbonyl (C=O) groups excluding carboxylic acids is 1. The van der Waals surface area contributed by atoms with Gasteiger partial charge in [-0.1, -0.05) is 18.5 Å². The first-order valence-corrected chi connectivity index (χ1v) is 11.7. The first-order valence-electron chi connectivity index (χ1n) is 6.99. The third-order valence-corrected chi connectivity index (χ3v) is 7.96. The van der Waals surface area contributed by atoms with Gasteiger partial charge in [0.25, 0.3) is 0 Å². The summed E-state index contributed by atoms with van der Waals surface area (Å²) in [5.41, 5.74) is 0.599. The SMILES string of the molecule is CCCC([SiH2]O[Si](C)(C)C)=C(C)C(=O)OCC(O)CO. The smallest absolute Gasteiger partial charge is 0.333 e. The predicted octanol–water partition coefficient (Wildman–Crippen LogP) is 0.892. The summed E-state index contributed by atoms with van der Waals surface area (Å²) in [4.78, 5) is 11.9. The minimum Gasteiger partial charge on any atom is -0.459 e. The molecular weight excluding hydrogens is 292 g/mol. The van der Waals surface area contributed by atoms with Gasteiger partial charge in [-0.3, -0.25) is 0 Å². The molecule has 1 atom stereocenters. The first-order chi connectivity index (χ1) is 9.21. The lowest BCUT2D eigenvalue weighted by atomic mass is 10.2. The second kappa shape index (κ2) is 9.46. The van der Waals surface area contributed by atoms with Crippen LogP contribution >= 0.6 is 0 Å². The quantitative estimate of drug-likeness (QED) is 0.375. The molecule has 0 amide bonds.